The highest BCUT2D eigenvalue weighted by molar-refractivity contribution is 9.10. The van der Waals surface area contributed by atoms with Crippen molar-refractivity contribution in [2.24, 2.45) is 4.99 Å². The van der Waals surface area contributed by atoms with Crippen molar-refractivity contribution in [1.82, 2.24) is 4.57 Å². The van der Waals surface area contributed by atoms with E-state index in [0.717, 1.165) is 0 Å². The van der Waals surface area contributed by atoms with Crippen LogP contribution in [-0.4, -0.2) is 44.1 Å². The lowest BCUT2D eigenvalue weighted by atomic mass is 9.95. The fourth-order valence-electron chi connectivity index (χ4n) is 4.50. The van der Waals surface area contributed by atoms with Gasteiger partial charge in [-0.1, -0.05) is 33.3 Å². The number of benzene rings is 2. The Bertz CT molecular complexity index is 1770. The topological polar surface area (TPSA) is 121 Å². The molecule has 0 N–H and O–H groups in total. The molecule has 1 aliphatic rings. The van der Waals surface area contributed by atoms with Gasteiger partial charge in [-0.3, -0.25) is 9.36 Å². The van der Waals surface area contributed by atoms with E-state index in [9.17, 15) is 9.59 Å². The predicted molar refractivity (Wildman–Crippen MR) is 161 cm³/mol. The third-order valence-corrected chi connectivity index (χ3v) is 7.91. The fraction of sp³-hybridized carbons (Fsp3) is 0.333. The number of methoxy groups -OCH3 is 2. The number of hydrogen-bond donors (Lipinski definition) is 0. The van der Waals surface area contributed by atoms with E-state index in [1.807, 2.05) is 19.9 Å². The van der Waals surface area contributed by atoms with Crippen LogP contribution in [0.2, 0.25) is 0 Å². The van der Waals surface area contributed by atoms with E-state index in [2.05, 4.69) is 20.9 Å². The molecule has 0 bridgehead atoms. The van der Waals surface area contributed by atoms with Crippen molar-refractivity contribution in [3.63, 3.8) is 0 Å². The average molecular weight is 657 g/mol. The highest BCUT2D eigenvalue weighted by atomic mass is 79.9. The molecule has 220 valence electrons. The lowest BCUT2D eigenvalue weighted by molar-refractivity contribution is -0.139. The lowest BCUT2D eigenvalue weighted by Crippen LogP contribution is -2.40. The van der Waals surface area contributed by atoms with Crippen molar-refractivity contribution >= 4 is 39.3 Å². The van der Waals surface area contributed by atoms with Crippen molar-refractivity contribution in [3.05, 3.63) is 76.9 Å². The van der Waals surface area contributed by atoms with Crippen LogP contribution < -0.4 is 33.8 Å². The summed E-state index contributed by atoms with van der Waals surface area (Å²) in [5.41, 5.74) is 1.66. The van der Waals surface area contributed by atoms with E-state index in [1.165, 1.54) is 30.1 Å². The van der Waals surface area contributed by atoms with E-state index in [0.29, 0.717) is 53.6 Å². The average Bonchev–Trinajstić information content (AvgIpc) is 3.26. The Kier molecular flexibility index (Phi) is 9.75. The second-order valence-electron chi connectivity index (χ2n) is 9.35. The van der Waals surface area contributed by atoms with Crippen LogP contribution in [0, 0.1) is 11.3 Å². The Morgan fingerprint density at radius 2 is 1.88 bits per heavy atom. The number of rotatable bonds is 10. The minimum atomic E-state index is -0.816. The van der Waals surface area contributed by atoms with Gasteiger partial charge in [0, 0.05) is 4.47 Å². The van der Waals surface area contributed by atoms with Crippen molar-refractivity contribution in [2.45, 2.75) is 39.8 Å². The molecule has 0 radical (unpaired) electrons. The van der Waals surface area contributed by atoms with Gasteiger partial charge in [-0.05, 0) is 69.2 Å². The molecule has 0 fully saturated rings. The van der Waals surface area contributed by atoms with Crippen LogP contribution in [0.15, 0.2) is 55.9 Å². The standard InChI is InChI=1S/C30H30BrN3O7S/c1-7-39-29(36)26-17(4)33-30-34(27(26)18-8-9-21(41-16(2)3)22(12-18)37-5)28(35)25(42-30)14-19-13-23(38-6)24(15-20(19)31)40-11-10-32/h8-9,12-16,27H,7,11H2,1-6H3/b25-14-/t27-/m1/s1. The first-order valence-electron chi connectivity index (χ1n) is 13.0. The smallest absolute Gasteiger partial charge is 0.338 e. The number of ether oxygens (including phenoxy) is 5. The summed E-state index contributed by atoms with van der Waals surface area (Å²) in [4.78, 5) is 32.3. The van der Waals surface area contributed by atoms with Crippen molar-refractivity contribution in [3.8, 4) is 29.1 Å². The molecular formula is C30H30BrN3O7S. The van der Waals surface area contributed by atoms with Crippen LogP contribution in [0.4, 0.5) is 0 Å². The molecule has 0 saturated heterocycles. The number of carbonyl (C=O) groups excluding carboxylic acids is 1. The second-order valence-corrected chi connectivity index (χ2v) is 11.2. The number of nitriles is 1. The van der Waals surface area contributed by atoms with E-state index < -0.39 is 12.0 Å². The molecule has 1 aliphatic heterocycles. The molecule has 1 aromatic heterocycles. The van der Waals surface area contributed by atoms with Gasteiger partial charge in [0.25, 0.3) is 5.56 Å². The van der Waals surface area contributed by atoms with E-state index in [-0.39, 0.29) is 30.5 Å². The second kappa shape index (κ2) is 13.3. The van der Waals surface area contributed by atoms with Crippen LogP contribution in [-0.2, 0) is 9.53 Å². The third kappa shape index (κ3) is 6.22. The quantitative estimate of drug-likeness (QED) is 0.297. The molecule has 1 atom stereocenters. The van der Waals surface area contributed by atoms with Gasteiger partial charge in [-0.25, -0.2) is 9.79 Å². The number of hydrogen-bond acceptors (Lipinski definition) is 10. The van der Waals surface area contributed by atoms with Crippen LogP contribution >= 0.6 is 27.3 Å². The van der Waals surface area contributed by atoms with Gasteiger partial charge >= 0.3 is 5.97 Å². The Morgan fingerprint density at radius 3 is 2.52 bits per heavy atom. The molecule has 0 amide bonds. The molecule has 12 heteroatoms. The number of halogens is 1. The highest BCUT2D eigenvalue weighted by Gasteiger charge is 2.34. The number of fused-ring (bicyclic) bond motifs is 1. The van der Waals surface area contributed by atoms with Crippen LogP contribution in [0.3, 0.4) is 0 Å². The summed E-state index contributed by atoms with van der Waals surface area (Å²) in [6, 6.07) is 9.84. The number of nitrogens with zero attached hydrogens (tertiary/aromatic N) is 3. The van der Waals surface area contributed by atoms with Crippen molar-refractivity contribution in [1.29, 1.82) is 5.26 Å². The van der Waals surface area contributed by atoms with E-state index in [4.69, 9.17) is 28.9 Å². The van der Waals surface area contributed by atoms with Gasteiger partial charge in [0.15, 0.2) is 34.4 Å². The van der Waals surface area contributed by atoms with Crippen LogP contribution in [0.1, 0.15) is 44.9 Å². The van der Waals surface area contributed by atoms with E-state index >= 15 is 0 Å². The molecule has 2 heterocycles. The van der Waals surface area contributed by atoms with Crippen LogP contribution in [0.5, 0.6) is 23.0 Å². The van der Waals surface area contributed by atoms with Crippen molar-refractivity contribution in [2.75, 3.05) is 27.4 Å². The Balaban J connectivity index is 1.93. The minimum absolute atomic E-state index is 0.0791. The normalized spacial score (nSPS) is 14.6. The number of allylic oxidation sites excluding steroid dienone is 1. The molecule has 0 unspecified atom stereocenters. The largest absolute Gasteiger partial charge is 0.493 e. The summed E-state index contributed by atoms with van der Waals surface area (Å²) < 4.78 is 30.3. The first-order chi connectivity index (χ1) is 20.1. The molecule has 3 aromatic rings. The maximum absolute atomic E-state index is 14.0. The van der Waals surface area contributed by atoms with Gasteiger partial charge in [0.2, 0.25) is 0 Å². The zero-order valence-corrected chi connectivity index (χ0v) is 26.4. The number of aromatic nitrogens is 1. The Morgan fingerprint density at radius 1 is 1.17 bits per heavy atom. The summed E-state index contributed by atoms with van der Waals surface area (Å²) in [6.45, 7) is 7.31. The molecular weight excluding hydrogens is 626 g/mol. The summed E-state index contributed by atoms with van der Waals surface area (Å²) in [5, 5.41) is 8.88. The van der Waals surface area contributed by atoms with Gasteiger partial charge in [-0.15, -0.1) is 0 Å². The van der Waals surface area contributed by atoms with Gasteiger partial charge in [0.1, 0.15) is 6.07 Å². The van der Waals surface area contributed by atoms with Gasteiger partial charge in [0.05, 0.1) is 48.8 Å². The predicted octanol–water partition coefficient (Wildman–Crippen LogP) is 4.27. The number of thiazole rings is 1. The molecule has 0 spiro atoms. The molecule has 0 aliphatic carbocycles. The first kappa shape index (κ1) is 30.9. The lowest BCUT2D eigenvalue weighted by Gasteiger charge is -2.25. The summed E-state index contributed by atoms with van der Waals surface area (Å²) in [7, 11) is 3.03. The van der Waals surface area contributed by atoms with Crippen LogP contribution in [0.25, 0.3) is 6.08 Å². The summed E-state index contributed by atoms with van der Waals surface area (Å²) >= 11 is 4.73. The maximum Gasteiger partial charge on any atom is 0.338 e. The molecule has 42 heavy (non-hydrogen) atoms. The minimum Gasteiger partial charge on any atom is -0.493 e. The van der Waals surface area contributed by atoms with Gasteiger partial charge in [-0.2, -0.15) is 5.26 Å². The Labute approximate surface area is 255 Å². The highest BCUT2D eigenvalue weighted by Crippen LogP contribution is 2.37. The van der Waals surface area contributed by atoms with Gasteiger partial charge < -0.3 is 23.7 Å². The molecule has 10 nitrogen and oxygen atoms in total. The first-order valence-corrected chi connectivity index (χ1v) is 14.7. The molecule has 2 aromatic carbocycles. The van der Waals surface area contributed by atoms with Crippen molar-refractivity contribution < 1.29 is 28.5 Å². The number of esters is 1. The number of carbonyl (C=O) groups is 1. The molecule has 0 saturated carbocycles. The zero-order chi connectivity index (χ0) is 30.6. The fourth-order valence-corrected chi connectivity index (χ4v) is 5.97. The summed E-state index contributed by atoms with van der Waals surface area (Å²) in [6.07, 6.45) is 1.63. The maximum atomic E-state index is 14.0. The third-order valence-electron chi connectivity index (χ3n) is 6.24. The zero-order valence-electron chi connectivity index (χ0n) is 24.0. The SMILES string of the molecule is CCOC(=O)C1=C(C)N=c2s/c(=C\c3cc(OC)c(OCC#N)cc3Br)c(=O)n2[C@@H]1c1ccc(OC(C)C)c(OC)c1. The van der Waals surface area contributed by atoms with E-state index in [1.54, 1.807) is 50.3 Å². The summed E-state index contributed by atoms with van der Waals surface area (Å²) in [5.74, 6) is 1.25. The Hall–Kier alpha value is -4.08. The monoisotopic (exact) mass is 655 g/mol. The molecule has 4 rings (SSSR count).